The maximum Gasteiger partial charge on any atom is 0.317 e. The number of nitrogens with one attached hydrogen (secondary N) is 2. The van der Waals surface area contributed by atoms with E-state index >= 15 is 0 Å². The molecule has 0 atom stereocenters. The predicted molar refractivity (Wildman–Crippen MR) is 81.9 cm³/mol. The maximum absolute atomic E-state index is 12.2. The van der Waals surface area contributed by atoms with Crippen LogP contribution in [0.1, 0.15) is 31.4 Å². The lowest BCUT2D eigenvalue weighted by atomic mass is 9.96. The fourth-order valence-electron chi connectivity index (χ4n) is 2.66. The second-order valence-corrected chi connectivity index (χ2v) is 6.02. The van der Waals surface area contributed by atoms with E-state index in [9.17, 15) is 9.59 Å². The summed E-state index contributed by atoms with van der Waals surface area (Å²) in [5.41, 5.74) is 0.858. The average molecular weight is 302 g/mol. The first kappa shape index (κ1) is 14.8. The van der Waals surface area contributed by atoms with Crippen molar-refractivity contribution in [3.8, 4) is 0 Å². The van der Waals surface area contributed by atoms with Crippen molar-refractivity contribution in [1.82, 2.24) is 20.5 Å². The summed E-state index contributed by atoms with van der Waals surface area (Å²) in [5.74, 6) is 0.0570. The standard InChI is InChI=1S/C16H22N4O2/c21-15(18-11-14-3-1-2-8-17-14)12-6-9-20(10-7-12)16(22)19-13-4-5-13/h1-3,8,12-13H,4-7,9-11H2,(H,18,21)(H,19,22). The molecule has 2 fully saturated rings. The van der Waals surface area contributed by atoms with Gasteiger partial charge in [0.25, 0.3) is 0 Å². The second kappa shape index (κ2) is 6.77. The zero-order valence-electron chi connectivity index (χ0n) is 12.6. The van der Waals surface area contributed by atoms with Gasteiger partial charge in [-0.25, -0.2) is 4.79 Å². The Kier molecular flexibility index (Phi) is 4.56. The van der Waals surface area contributed by atoms with E-state index in [2.05, 4.69) is 15.6 Å². The summed E-state index contributed by atoms with van der Waals surface area (Å²) in [6.07, 6.45) is 5.37. The van der Waals surface area contributed by atoms with Gasteiger partial charge in [-0.3, -0.25) is 9.78 Å². The zero-order valence-corrected chi connectivity index (χ0v) is 12.6. The van der Waals surface area contributed by atoms with Crippen LogP contribution in [0.4, 0.5) is 4.79 Å². The number of amides is 3. The lowest BCUT2D eigenvalue weighted by molar-refractivity contribution is -0.126. The highest BCUT2D eigenvalue weighted by molar-refractivity contribution is 5.79. The minimum atomic E-state index is -0.00585. The van der Waals surface area contributed by atoms with E-state index in [1.54, 1.807) is 6.20 Å². The highest BCUT2D eigenvalue weighted by Crippen LogP contribution is 2.21. The van der Waals surface area contributed by atoms with Crippen molar-refractivity contribution in [2.45, 2.75) is 38.3 Å². The number of likely N-dealkylation sites (tertiary alicyclic amines) is 1. The molecule has 22 heavy (non-hydrogen) atoms. The van der Waals surface area contributed by atoms with E-state index in [0.29, 0.717) is 25.7 Å². The van der Waals surface area contributed by atoms with Gasteiger partial charge >= 0.3 is 6.03 Å². The fourth-order valence-corrected chi connectivity index (χ4v) is 2.66. The molecule has 2 N–H and O–H groups in total. The number of nitrogens with zero attached hydrogens (tertiary/aromatic N) is 2. The Balaban J connectivity index is 1.40. The second-order valence-electron chi connectivity index (χ2n) is 6.02. The summed E-state index contributed by atoms with van der Waals surface area (Å²) in [5, 5.41) is 5.93. The SMILES string of the molecule is O=C(NCc1ccccn1)C1CCN(C(=O)NC2CC2)CC1. The van der Waals surface area contributed by atoms with Gasteiger partial charge in [-0.1, -0.05) is 6.07 Å². The Morgan fingerprint density at radius 2 is 1.95 bits per heavy atom. The Labute approximate surface area is 130 Å². The predicted octanol–water partition coefficient (Wildman–Crippen LogP) is 1.28. The molecular formula is C16H22N4O2. The molecule has 0 radical (unpaired) electrons. The van der Waals surface area contributed by atoms with E-state index in [0.717, 1.165) is 31.4 Å². The summed E-state index contributed by atoms with van der Waals surface area (Å²) < 4.78 is 0. The molecule has 3 amide bonds. The summed E-state index contributed by atoms with van der Waals surface area (Å²) in [6, 6.07) is 6.06. The van der Waals surface area contributed by atoms with Gasteiger partial charge in [0.1, 0.15) is 0 Å². The average Bonchev–Trinajstić information content (AvgIpc) is 3.37. The quantitative estimate of drug-likeness (QED) is 0.880. The van der Waals surface area contributed by atoms with Crippen molar-refractivity contribution >= 4 is 11.9 Å². The smallest absolute Gasteiger partial charge is 0.317 e. The van der Waals surface area contributed by atoms with Crippen molar-refractivity contribution in [2.24, 2.45) is 5.92 Å². The van der Waals surface area contributed by atoms with Crippen LogP contribution in [0, 0.1) is 5.92 Å². The molecule has 1 aromatic rings. The van der Waals surface area contributed by atoms with Crippen LogP contribution in [0.15, 0.2) is 24.4 Å². The Bertz CT molecular complexity index is 522. The third-order valence-electron chi connectivity index (χ3n) is 4.23. The number of rotatable bonds is 4. The van der Waals surface area contributed by atoms with Crippen LogP contribution in [0.3, 0.4) is 0 Å². The number of carbonyl (C=O) groups is 2. The number of hydrogen-bond donors (Lipinski definition) is 2. The number of urea groups is 1. The molecule has 118 valence electrons. The molecule has 1 saturated carbocycles. The molecule has 1 saturated heterocycles. The van der Waals surface area contributed by atoms with Gasteiger partial charge in [0.05, 0.1) is 12.2 Å². The van der Waals surface area contributed by atoms with Gasteiger partial charge in [-0.15, -0.1) is 0 Å². The molecule has 6 nitrogen and oxygen atoms in total. The summed E-state index contributed by atoms with van der Waals surface area (Å²) in [6.45, 7) is 1.77. The van der Waals surface area contributed by atoms with Crippen molar-refractivity contribution in [2.75, 3.05) is 13.1 Å². The van der Waals surface area contributed by atoms with E-state index in [-0.39, 0.29) is 17.9 Å². The maximum atomic E-state index is 12.2. The van der Waals surface area contributed by atoms with Gasteiger partial charge < -0.3 is 15.5 Å². The number of piperidine rings is 1. The molecule has 0 unspecified atom stereocenters. The minimum absolute atomic E-state index is 0.00585. The molecule has 1 aromatic heterocycles. The lowest BCUT2D eigenvalue weighted by Crippen LogP contribution is -2.47. The van der Waals surface area contributed by atoms with Crippen molar-refractivity contribution in [1.29, 1.82) is 0 Å². The summed E-state index contributed by atoms with van der Waals surface area (Å²) >= 11 is 0. The van der Waals surface area contributed by atoms with Crippen LogP contribution in [-0.4, -0.2) is 41.0 Å². The van der Waals surface area contributed by atoms with E-state index < -0.39 is 0 Å². The number of carbonyl (C=O) groups excluding carboxylic acids is 2. The molecule has 2 aliphatic rings. The number of hydrogen-bond acceptors (Lipinski definition) is 3. The van der Waals surface area contributed by atoms with Gasteiger partial charge in [-0.05, 0) is 37.8 Å². The molecule has 3 rings (SSSR count). The normalized spacial score (nSPS) is 18.8. The van der Waals surface area contributed by atoms with Gasteiger partial charge in [0, 0.05) is 31.2 Å². The Hall–Kier alpha value is -2.11. The van der Waals surface area contributed by atoms with Crippen LogP contribution in [0.5, 0.6) is 0 Å². The third-order valence-corrected chi connectivity index (χ3v) is 4.23. The largest absolute Gasteiger partial charge is 0.350 e. The number of aromatic nitrogens is 1. The first-order chi connectivity index (χ1) is 10.7. The monoisotopic (exact) mass is 302 g/mol. The van der Waals surface area contributed by atoms with Crippen LogP contribution in [0.2, 0.25) is 0 Å². The molecular weight excluding hydrogens is 280 g/mol. The van der Waals surface area contributed by atoms with Crippen molar-refractivity contribution in [3.63, 3.8) is 0 Å². The molecule has 0 spiro atoms. The highest BCUT2D eigenvalue weighted by atomic mass is 16.2. The summed E-state index contributed by atoms with van der Waals surface area (Å²) in [7, 11) is 0. The summed E-state index contributed by atoms with van der Waals surface area (Å²) in [4.78, 5) is 30.1. The Morgan fingerprint density at radius 1 is 1.18 bits per heavy atom. The molecule has 6 heteroatoms. The molecule has 2 heterocycles. The van der Waals surface area contributed by atoms with E-state index in [1.807, 2.05) is 23.1 Å². The van der Waals surface area contributed by atoms with Crippen LogP contribution >= 0.6 is 0 Å². The first-order valence-corrected chi connectivity index (χ1v) is 7.95. The van der Waals surface area contributed by atoms with Gasteiger partial charge in [0.2, 0.25) is 5.91 Å². The van der Waals surface area contributed by atoms with Gasteiger partial charge in [-0.2, -0.15) is 0 Å². The fraction of sp³-hybridized carbons (Fsp3) is 0.562. The molecule has 0 aromatic carbocycles. The van der Waals surface area contributed by atoms with E-state index in [4.69, 9.17) is 0 Å². The van der Waals surface area contributed by atoms with E-state index in [1.165, 1.54) is 0 Å². The number of pyridine rings is 1. The van der Waals surface area contributed by atoms with Crippen LogP contribution in [0.25, 0.3) is 0 Å². The molecule has 0 bridgehead atoms. The molecule has 1 aliphatic carbocycles. The van der Waals surface area contributed by atoms with Crippen LogP contribution in [-0.2, 0) is 11.3 Å². The van der Waals surface area contributed by atoms with Crippen molar-refractivity contribution in [3.05, 3.63) is 30.1 Å². The minimum Gasteiger partial charge on any atom is -0.350 e. The van der Waals surface area contributed by atoms with Crippen LogP contribution < -0.4 is 10.6 Å². The van der Waals surface area contributed by atoms with Crippen molar-refractivity contribution < 1.29 is 9.59 Å². The topological polar surface area (TPSA) is 74.3 Å². The van der Waals surface area contributed by atoms with Gasteiger partial charge in [0.15, 0.2) is 0 Å². The molecule has 1 aliphatic heterocycles. The lowest BCUT2D eigenvalue weighted by Gasteiger charge is -2.31. The Morgan fingerprint density at radius 3 is 2.59 bits per heavy atom. The zero-order chi connectivity index (χ0) is 15.4. The highest BCUT2D eigenvalue weighted by Gasteiger charge is 2.30. The first-order valence-electron chi connectivity index (χ1n) is 7.95. The third kappa shape index (κ3) is 3.96.